The molecule has 0 spiro atoms. The number of hydrogen-bond acceptors (Lipinski definition) is 4. The third-order valence-corrected chi connectivity index (χ3v) is 8.65. The summed E-state index contributed by atoms with van der Waals surface area (Å²) in [6.45, 7) is 3.67. The van der Waals surface area contributed by atoms with Crippen LogP contribution in [0.2, 0.25) is 20.4 Å². The Morgan fingerprint density at radius 1 is 0.919 bits per heavy atom. The minimum Gasteiger partial charge on any atom is -0.343 e. The van der Waals surface area contributed by atoms with Crippen molar-refractivity contribution in [2.24, 2.45) is 5.92 Å². The van der Waals surface area contributed by atoms with Gasteiger partial charge in [-0.05, 0) is 49.1 Å². The van der Waals surface area contributed by atoms with Gasteiger partial charge in [0.05, 0.1) is 15.6 Å². The molecule has 37 heavy (non-hydrogen) atoms. The highest BCUT2D eigenvalue weighted by atomic mass is 35.5. The molecule has 2 aliphatic rings. The summed E-state index contributed by atoms with van der Waals surface area (Å²) in [6, 6.07) is 8.30. The number of carbonyl (C=O) groups excluding carboxylic acids is 3. The van der Waals surface area contributed by atoms with Crippen molar-refractivity contribution in [1.29, 1.82) is 0 Å². The highest BCUT2D eigenvalue weighted by molar-refractivity contribution is 6.42. The number of piperidine rings is 2. The number of rotatable bonds is 4. The summed E-state index contributed by atoms with van der Waals surface area (Å²) in [6.07, 6.45) is 1.87. The maximum Gasteiger partial charge on any atom is 0.256 e. The molecule has 1 aromatic carbocycles. The smallest absolute Gasteiger partial charge is 0.256 e. The number of carbonyl (C=O) groups is 3. The molecule has 0 unspecified atom stereocenters. The number of aromatic nitrogens is 1. The normalized spacial score (nSPS) is 20.6. The van der Waals surface area contributed by atoms with Gasteiger partial charge >= 0.3 is 0 Å². The van der Waals surface area contributed by atoms with Crippen LogP contribution in [-0.2, 0) is 9.59 Å². The number of pyridine rings is 1. The number of amides is 3. The number of hydrogen-bond donors (Lipinski definition) is 0. The van der Waals surface area contributed by atoms with Crippen LogP contribution >= 0.6 is 46.4 Å². The standard InChI is InChI=1S/C26H28Cl4N4O3/c1-15(35)33-10-7-16(8-11-33)25(36)34-12-9-22(19(14-34)17-3-5-20(27)21(28)13-17)32(2)26(37)18-4-6-23(29)31-24(18)30/h3-6,13,16,19,22H,7-12,14H2,1-2H3/t19-,22+/m0/s1. The van der Waals surface area contributed by atoms with E-state index in [1.54, 1.807) is 42.0 Å². The van der Waals surface area contributed by atoms with Gasteiger partial charge < -0.3 is 14.7 Å². The Morgan fingerprint density at radius 3 is 2.22 bits per heavy atom. The number of likely N-dealkylation sites (tertiary alicyclic amines) is 2. The van der Waals surface area contributed by atoms with Gasteiger partial charge in [0, 0.05) is 58.0 Å². The molecule has 3 heterocycles. The Labute approximate surface area is 236 Å². The zero-order valence-electron chi connectivity index (χ0n) is 20.6. The molecule has 2 fully saturated rings. The highest BCUT2D eigenvalue weighted by Gasteiger charge is 2.39. The minimum atomic E-state index is -0.277. The zero-order valence-corrected chi connectivity index (χ0v) is 23.6. The van der Waals surface area contributed by atoms with Crippen molar-refractivity contribution in [1.82, 2.24) is 19.7 Å². The number of halogens is 4. The molecule has 3 amide bonds. The molecule has 0 radical (unpaired) electrons. The van der Waals surface area contributed by atoms with Gasteiger partial charge in [0.25, 0.3) is 5.91 Å². The lowest BCUT2D eigenvalue weighted by Crippen LogP contribution is -2.53. The fraction of sp³-hybridized carbons (Fsp3) is 0.462. The van der Waals surface area contributed by atoms with Gasteiger partial charge in [-0.3, -0.25) is 14.4 Å². The Balaban J connectivity index is 1.57. The van der Waals surface area contributed by atoms with Crippen LogP contribution in [0.1, 0.15) is 48.0 Å². The van der Waals surface area contributed by atoms with E-state index in [1.807, 2.05) is 11.0 Å². The lowest BCUT2D eigenvalue weighted by Gasteiger charge is -2.44. The van der Waals surface area contributed by atoms with Gasteiger partial charge in [-0.25, -0.2) is 4.98 Å². The summed E-state index contributed by atoms with van der Waals surface area (Å²) in [4.78, 5) is 47.9. The van der Waals surface area contributed by atoms with Gasteiger partial charge in [0.1, 0.15) is 10.3 Å². The number of nitrogens with zero attached hydrogens (tertiary/aromatic N) is 4. The molecule has 0 saturated carbocycles. The van der Waals surface area contributed by atoms with Gasteiger partial charge in [0.2, 0.25) is 11.8 Å². The van der Waals surface area contributed by atoms with E-state index in [4.69, 9.17) is 46.4 Å². The zero-order chi connectivity index (χ0) is 26.9. The van der Waals surface area contributed by atoms with E-state index in [-0.39, 0.29) is 51.5 Å². The van der Waals surface area contributed by atoms with Crippen LogP contribution in [0, 0.1) is 5.92 Å². The van der Waals surface area contributed by atoms with Crippen LogP contribution in [0.15, 0.2) is 30.3 Å². The van der Waals surface area contributed by atoms with Crippen molar-refractivity contribution >= 4 is 64.1 Å². The van der Waals surface area contributed by atoms with Crippen molar-refractivity contribution < 1.29 is 14.4 Å². The summed E-state index contributed by atoms with van der Waals surface area (Å²) >= 11 is 24.7. The molecule has 4 rings (SSSR count). The molecule has 2 saturated heterocycles. The second-order valence-corrected chi connectivity index (χ2v) is 11.1. The van der Waals surface area contributed by atoms with E-state index in [2.05, 4.69) is 4.98 Å². The monoisotopic (exact) mass is 584 g/mol. The van der Waals surface area contributed by atoms with E-state index in [0.717, 1.165) is 5.56 Å². The molecular weight excluding hydrogens is 558 g/mol. The van der Waals surface area contributed by atoms with Crippen molar-refractivity contribution in [2.75, 3.05) is 33.2 Å². The third kappa shape index (κ3) is 6.17. The van der Waals surface area contributed by atoms with Gasteiger partial charge in [-0.2, -0.15) is 0 Å². The molecular formula is C26H28Cl4N4O3. The predicted molar refractivity (Wildman–Crippen MR) is 146 cm³/mol. The average Bonchev–Trinajstić information content (AvgIpc) is 2.88. The number of likely N-dealkylation sites (N-methyl/N-ethyl adjacent to an activating group) is 1. The van der Waals surface area contributed by atoms with E-state index in [0.29, 0.717) is 55.5 Å². The van der Waals surface area contributed by atoms with E-state index in [9.17, 15) is 14.4 Å². The SMILES string of the molecule is CC(=O)N1CCC(C(=O)N2CC[C@@H](N(C)C(=O)c3ccc(Cl)nc3Cl)[C@H](c3ccc(Cl)c(Cl)c3)C2)CC1. The molecule has 11 heteroatoms. The molecule has 2 aromatic rings. The van der Waals surface area contributed by atoms with E-state index < -0.39 is 0 Å². The second-order valence-electron chi connectivity index (χ2n) is 9.59. The molecule has 7 nitrogen and oxygen atoms in total. The second kappa shape index (κ2) is 11.8. The van der Waals surface area contributed by atoms with Crippen LogP contribution < -0.4 is 0 Å². The predicted octanol–water partition coefficient (Wildman–Crippen LogP) is 5.41. The first kappa shape index (κ1) is 28.0. The van der Waals surface area contributed by atoms with Crippen LogP contribution in [0.25, 0.3) is 0 Å². The Kier molecular flexibility index (Phi) is 8.89. The van der Waals surface area contributed by atoms with Gasteiger partial charge in [-0.1, -0.05) is 52.5 Å². The van der Waals surface area contributed by atoms with E-state index >= 15 is 0 Å². The maximum absolute atomic E-state index is 13.5. The molecule has 2 atom stereocenters. The molecule has 0 aliphatic carbocycles. The van der Waals surface area contributed by atoms with Crippen LogP contribution in [0.3, 0.4) is 0 Å². The quantitative estimate of drug-likeness (QED) is 0.450. The largest absolute Gasteiger partial charge is 0.343 e. The van der Waals surface area contributed by atoms with Crippen molar-refractivity contribution in [3.8, 4) is 0 Å². The van der Waals surface area contributed by atoms with Gasteiger partial charge in [0.15, 0.2) is 0 Å². The fourth-order valence-corrected chi connectivity index (χ4v) is 6.02. The minimum absolute atomic E-state index is 0.0371. The van der Waals surface area contributed by atoms with Crippen LogP contribution in [0.4, 0.5) is 0 Å². The third-order valence-electron chi connectivity index (χ3n) is 7.41. The maximum atomic E-state index is 13.5. The van der Waals surface area contributed by atoms with Crippen LogP contribution in [-0.4, -0.2) is 76.7 Å². The molecule has 0 bridgehead atoms. The van der Waals surface area contributed by atoms with Crippen molar-refractivity contribution in [2.45, 2.75) is 38.1 Å². The summed E-state index contributed by atoms with van der Waals surface area (Å²) in [5.41, 5.74) is 1.15. The lowest BCUT2D eigenvalue weighted by atomic mass is 9.83. The molecule has 198 valence electrons. The molecule has 1 aromatic heterocycles. The van der Waals surface area contributed by atoms with Crippen LogP contribution in [0.5, 0.6) is 0 Å². The van der Waals surface area contributed by atoms with Gasteiger partial charge in [-0.15, -0.1) is 0 Å². The first-order valence-corrected chi connectivity index (χ1v) is 13.7. The first-order valence-electron chi connectivity index (χ1n) is 12.1. The van der Waals surface area contributed by atoms with Crippen molar-refractivity contribution in [3.05, 3.63) is 61.8 Å². The Hall–Kier alpha value is -2.06. The lowest BCUT2D eigenvalue weighted by molar-refractivity contribution is -0.141. The fourth-order valence-electron chi connectivity index (χ4n) is 5.29. The van der Waals surface area contributed by atoms with E-state index in [1.165, 1.54) is 6.07 Å². The highest BCUT2D eigenvalue weighted by Crippen LogP contribution is 2.36. The number of benzene rings is 1. The molecule has 2 aliphatic heterocycles. The summed E-state index contributed by atoms with van der Waals surface area (Å²) in [5, 5.41) is 1.10. The van der Waals surface area contributed by atoms with Crippen molar-refractivity contribution in [3.63, 3.8) is 0 Å². The first-order chi connectivity index (χ1) is 17.6. The topological polar surface area (TPSA) is 73.8 Å². The summed E-state index contributed by atoms with van der Waals surface area (Å²) in [5.74, 6) is -0.473. The Morgan fingerprint density at radius 2 is 1.59 bits per heavy atom. The average molecular weight is 586 g/mol. The Bertz CT molecular complexity index is 1200. The summed E-state index contributed by atoms with van der Waals surface area (Å²) in [7, 11) is 1.73. The molecule has 0 N–H and O–H groups in total. The summed E-state index contributed by atoms with van der Waals surface area (Å²) < 4.78 is 0.